The van der Waals surface area contributed by atoms with E-state index in [9.17, 15) is 4.79 Å². The summed E-state index contributed by atoms with van der Waals surface area (Å²) < 4.78 is 5.15. The molecule has 1 heterocycles. The standard InChI is InChI=1S/C33H43NO2/c1-3-4-5-6-7-8-9-12-22-34-32-17-11-10-14-27(32)18-19-31-24-30(20-21-33(31)34)29-16-13-15-28(23-29)26(2)36-25-35/h10-11,14,17,20-21,23-25H,3-9,12-13,15-16,18-19,22H2,1-2H3/b28-26-. The van der Waals surface area contributed by atoms with E-state index in [4.69, 9.17) is 4.74 Å². The van der Waals surface area contributed by atoms with E-state index in [1.165, 1.54) is 85.0 Å². The molecule has 192 valence electrons. The Hall–Kier alpha value is -2.81. The summed E-state index contributed by atoms with van der Waals surface area (Å²) in [5.74, 6) is 0.726. The average Bonchev–Trinajstić information content (AvgIpc) is 3.07. The van der Waals surface area contributed by atoms with Crippen LogP contribution in [0.2, 0.25) is 0 Å². The van der Waals surface area contributed by atoms with Gasteiger partial charge >= 0.3 is 0 Å². The van der Waals surface area contributed by atoms with E-state index in [0.717, 1.165) is 50.0 Å². The van der Waals surface area contributed by atoms with Crippen LogP contribution >= 0.6 is 0 Å². The van der Waals surface area contributed by atoms with Crippen LogP contribution in [0.25, 0.3) is 5.57 Å². The predicted molar refractivity (Wildman–Crippen MR) is 152 cm³/mol. The summed E-state index contributed by atoms with van der Waals surface area (Å²) in [5, 5.41) is 0. The molecule has 36 heavy (non-hydrogen) atoms. The Kier molecular flexibility index (Phi) is 9.84. The quantitative estimate of drug-likeness (QED) is 0.171. The third-order valence-electron chi connectivity index (χ3n) is 7.84. The first-order chi connectivity index (χ1) is 17.7. The van der Waals surface area contributed by atoms with E-state index in [1.807, 2.05) is 6.92 Å². The molecule has 2 aliphatic rings. The predicted octanol–water partition coefficient (Wildman–Crippen LogP) is 9.08. The minimum Gasteiger partial charge on any atom is -0.433 e. The topological polar surface area (TPSA) is 29.5 Å². The van der Waals surface area contributed by atoms with E-state index in [1.54, 1.807) is 0 Å². The molecule has 0 radical (unpaired) electrons. The number of fused-ring (bicyclic) bond motifs is 2. The molecular weight excluding hydrogens is 442 g/mol. The van der Waals surface area contributed by atoms with Gasteiger partial charge in [0.05, 0.1) is 0 Å². The number of carbonyl (C=O) groups is 1. The Labute approximate surface area is 218 Å². The van der Waals surface area contributed by atoms with Gasteiger partial charge in [0.2, 0.25) is 0 Å². The number of hydrogen-bond donors (Lipinski definition) is 0. The molecule has 0 amide bonds. The average molecular weight is 486 g/mol. The number of anilines is 2. The van der Waals surface area contributed by atoms with Gasteiger partial charge < -0.3 is 9.64 Å². The van der Waals surface area contributed by atoms with E-state index in [0.29, 0.717) is 6.47 Å². The van der Waals surface area contributed by atoms with Gasteiger partial charge in [-0.2, -0.15) is 0 Å². The van der Waals surface area contributed by atoms with E-state index in [-0.39, 0.29) is 0 Å². The molecule has 0 fully saturated rings. The van der Waals surface area contributed by atoms with Crippen molar-refractivity contribution in [2.75, 3.05) is 11.4 Å². The van der Waals surface area contributed by atoms with Crippen molar-refractivity contribution in [1.82, 2.24) is 0 Å². The number of nitrogens with zero attached hydrogens (tertiary/aromatic N) is 1. The van der Waals surface area contributed by atoms with Gasteiger partial charge in [-0.05, 0) is 91.5 Å². The van der Waals surface area contributed by atoms with E-state index >= 15 is 0 Å². The smallest absolute Gasteiger partial charge is 0.298 e. The highest BCUT2D eigenvalue weighted by Crippen LogP contribution is 2.39. The van der Waals surface area contributed by atoms with E-state index < -0.39 is 0 Å². The Morgan fingerprint density at radius 3 is 2.39 bits per heavy atom. The van der Waals surface area contributed by atoms with Crippen LogP contribution in [0.1, 0.15) is 101 Å². The Balaban J connectivity index is 1.52. The van der Waals surface area contributed by atoms with Crippen molar-refractivity contribution in [2.45, 2.75) is 97.3 Å². The molecule has 0 saturated heterocycles. The lowest BCUT2D eigenvalue weighted by Gasteiger charge is -2.28. The van der Waals surface area contributed by atoms with Crippen LogP contribution in [0.4, 0.5) is 11.4 Å². The molecule has 0 aromatic heterocycles. The monoisotopic (exact) mass is 485 g/mol. The molecule has 3 heteroatoms. The molecule has 0 N–H and O–H groups in total. The fourth-order valence-electron chi connectivity index (χ4n) is 5.76. The maximum absolute atomic E-state index is 10.8. The van der Waals surface area contributed by atoms with Crippen LogP contribution in [0.15, 0.2) is 59.9 Å². The van der Waals surface area contributed by atoms with Gasteiger partial charge in [0, 0.05) is 17.9 Å². The zero-order valence-corrected chi connectivity index (χ0v) is 22.4. The van der Waals surface area contributed by atoms with Gasteiger partial charge in [0.15, 0.2) is 0 Å². The normalized spacial score (nSPS) is 16.5. The molecule has 0 bridgehead atoms. The van der Waals surface area contributed by atoms with Crippen molar-refractivity contribution in [1.29, 1.82) is 0 Å². The number of allylic oxidation sites excluding steroid dienone is 4. The summed E-state index contributed by atoms with van der Waals surface area (Å²) in [6.45, 7) is 5.79. The fourth-order valence-corrected chi connectivity index (χ4v) is 5.76. The third-order valence-corrected chi connectivity index (χ3v) is 7.84. The van der Waals surface area contributed by atoms with Crippen molar-refractivity contribution >= 4 is 23.4 Å². The second-order valence-electron chi connectivity index (χ2n) is 10.4. The van der Waals surface area contributed by atoms with Gasteiger partial charge in [-0.15, -0.1) is 0 Å². The van der Waals surface area contributed by atoms with Crippen LogP contribution in [-0.4, -0.2) is 13.0 Å². The molecular formula is C33H43NO2. The van der Waals surface area contributed by atoms with Crippen LogP contribution in [0.5, 0.6) is 0 Å². The second-order valence-corrected chi connectivity index (χ2v) is 10.4. The lowest BCUT2D eigenvalue weighted by atomic mass is 9.89. The number of aryl methyl sites for hydroxylation is 2. The zero-order chi connectivity index (χ0) is 25.2. The first-order valence-electron chi connectivity index (χ1n) is 14.2. The second kappa shape index (κ2) is 13.5. The highest BCUT2D eigenvalue weighted by atomic mass is 16.5. The number of rotatable bonds is 12. The molecule has 4 rings (SSSR count). The molecule has 0 unspecified atom stereocenters. The molecule has 0 saturated carbocycles. The lowest BCUT2D eigenvalue weighted by molar-refractivity contribution is -0.125. The number of para-hydroxylation sites is 1. The summed E-state index contributed by atoms with van der Waals surface area (Å²) in [6.07, 6.45) is 18.3. The highest BCUT2D eigenvalue weighted by Gasteiger charge is 2.21. The molecule has 1 aliphatic carbocycles. The summed E-state index contributed by atoms with van der Waals surface area (Å²) >= 11 is 0. The van der Waals surface area contributed by atoms with Crippen molar-refractivity contribution in [3.8, 4) is 0 Å². The molecule has 2 aromatic carbocycles. The van der Waals surface area contributed by atoms with Crippen LogP contribution in [-0.2, 0) is 22.4 Å². The van der Waals surface area contributed by atoms with Crippen molar-refractivity contribution in [3.63, 3.8) is 0 Å². The molecule has 3 nitrogen and oxygen atoms in total. The maximum atomic E-state index is 10.8. The number of carbonyl (C=O) groups excluding carboxylic acids is 1. The summed E-state index contributed by atoms with van der Waals surface area (Å²) in [6, 6.07) is 16.1. The van der Waals surface area contributed by atoms with E-state index in [2.05, 4.69) is 60.4 Å². The minimum absolute atomic E-state index is 0.533. The van der Waals surface area contributed by atoms with Gasteiger partial charge in [-0.3, -0.25) is 4.79 Å². The SMILES string of the molecule is CCCCCCCCCCN1c2ccccc2CCc2cc(C3=C/C(=C(/C)OC=O)CCC3)ccc21. The van der Waals surface area contributed by atoms with Crippen molar-refractivity contribution in [3.05, 3.63) is 76.6 Å². The minimum atomic E-state index is 0.533. The van der Waals surface area contributed by atoms with Crippen molar-refractivity contribution < 1.29 is 9.53 Å². The third kappa shape index (κ3) is 6.69. The fraction of sp³-hybridized carbons (Fsp3) is 0.485. The number of ether oxygens (including phenoxy) is 1. The summed E-state index contributed by atoms with van der Waals surface area (Å²) in [7, 11) is 0. The number of unbranched alkanes of at least 4 members (excludes halogenated alkanes) is 7. The Morgan fingerprint density at radius 2 is 1.58 bits per heavy atom. The van der Waals surface area contributed by atoms with Gasteiger partial charge in [0.1, 0.15) is 5.76 Å². The Morgan fingerprint density at radius 1 is 0.861 bits per heavy atom. The Bertz CT molecular complexity index is 1080. The molecule has 0 atom stereocenters. The van der Waals surface area contributed by atoms with Gasteiger partial charge in [-0.25, -0.2) is 0 Å². The van der Waals surface area contributed by atoms with Crippen molar-refractivity contribution in [2.24, 2.45) is 0 Å². The summed E-state index contributed by atoms with van der Waals surface area (Å²) in [5.41, 5.74) is 9.46. The van der Waals surface area contributed by atoms with Gasteiger partial charge in [0.25, 0.3) is 6.47 Å². The highest BCUT2D eigenvalue weighted by molar-refractivity contribution is 5.76. The first kappa shape index (κ1) is 26.3. The lowest BCUT2D eigenvalue weighted by Crippen LogP contribution is -2.19. The first-order valence-corrected chi connectivity index (χ1v) is 14.2. The molecule has 2 aromatic rings. The van der Waals surface area contributed by atoms with Gasteiger partial charge in [-0.1, -0.05) is 82.2 Å². The summed E-state index contributed by atoms with van der Waals surface area (Å²) in [4.78, 5) is 13.4. The largest absolute Gasteiger partial charge is 0.433 e. The number of benzene rings is 2. The molecule has 0 spiro atoms. The molecule has 1 aliphatic heterocycles. The van der Waals surface area contributed by atoms with Crippen LogP contribution in [0.3, 0.4) is 0 Å². The number of hydrogen-bond acceptors (Lipinski definition) is 3. The van der Waals surface area contributed by atoms with Crippen LogP contribution < -0.4 is 4.90 Å². The van der Waals surface area contributed by atoms with Crippen LogP contribution in [0, 0.1) is 0 Å². The zero-order valence-electron chi connectivity index (χ0n) is 22.4. The maximum Gasteiger partial charge on any atom is 0.298 e.